The third-order valence-corrected chi connectivity index (χ3v) is 7.62. The molecule has 0 spiro atoms. The molecule has 2 heterocycles. The van der Waals surface area contributed by atoms with Gasteiger partial charge in [-0.05, 0) is 50.3 Å². The highest BCUT2D eigenvalue weighted by Gasteiger charge is 2.27. The minimum Gasteiger partial charge on any atom is -0.462 e. The number of anilines is 1. The summed E-state index contributed by atoms with van der Waals surface area (Å²) in [6.45, 7) is 2.10. The van der Waals surface area contributed by atoms with Gasteiger partial charge in [0.15, 0.2) is 0 Å². The summed E-state index contributed by atoms with van der Waals surface area (Å²) in [5.41, 5.74) is 4.54. The van der Waals surface area contributed by atoms with Crippen LogP contribution in [-0.2, 0) is 17.6 Å². The topological polar surface area (TPSA) is 68.3 Å². The Hall–Kier alpha value is -3.51. The Morgan fingerprint density at radius 2 is 1.71 bits per heavy atom. The van der Waals surface area contributed by atoms with Gasteiger partial charge in [-0.2, -0.15) is 0 Å². The van der Waals surface area contributed by atoms with Gasteiger partial charge in [-0.3, -0.25) is 4.79 Å². The normalized spacial score (nSPS) is 13.5. The van der Waals surface area contributed by atoms with Crippen LogP contribution in [0, 0.1) is 0 Å². The number of aryl methyl sites for hydroxylation is 1. The van der Waals surface area contributed by atoms with Gasteiger partial charge in [0, 0.05) is 15.8 Å². The summed E-state index contributed by atoms with van der Waals surface area (Å²) < 4.78 is 5.41. The summed E-state index contributed by atoms with van der Waals surface area (Å²) >= 11 is 1.52. The maximum Gasteiger partial charge on any atom is 0.341 e. The maximum atomic E-state index is 13.7. The van der Waals surface area contributed by atoms with Crippen molar-refractivity contribution in [1.82, 2.24) is 4.98 Å². The molecule has 1 aliphatic rings. The second-order valence-electron chi connectivity index (χ2n) is 8.73. The minimum atomic E-state index is -0.356. The molecule has 0 atom stereocenters. The van der Waals surface area contributed by atoms with Crippen LogP contribution >= 0.6 is 11.3 Å². The van der Waals surface area contributed by atoms with E-state index < -0.39 is 0 Å². The lowest BCUT2D eigenvalue weighted by Gasteiger charge is -2.12. The van der Waals surface area contributed by atoms with Gasteiger partial charge in [0.2, 0.25) is 0 Å². The number of thiophene rings is 1. The fourth-order valence-corrected chi connectivity index (χ4v) is 5.99. The van der Waals surface area contributed by atoms with E-state index in [1.54, 1.807) is 6.92 Å². The summed E-state index contributed by atoms with van der Waals surface area (Å²) in [5.74, 6) is -0.606. The van der Waals surface area contributed by atoms with Crippen LogP contribution in [0.1, 0.15) is 63.8 Å². The molecule has 2 aromatic heterocycles. The number of esters is 1. The number of benzene rings is 2. The first-order valence-electron chi connectivity index (χ1n) is 12.2. The Balaban J connectivity index is 1.57. The number of fused-ring (bicyclic) bond motifs is 2. The van der Waals surface area contributed by atoms with Crippen molar-refractivity contribution in [2.75, 3.05) is 11.9 Å². The highest BCUT2D eigenvalue weighted by molar-refractivity contribution is 7.17. The Bertz CT molecular complexity index is 1380. The molecule has 0 bridgehead atoms. The fourth-order valence-electron chi connectivity index (χ4n) is 4.72. The summed E-state index contributed by atoms with van der Waals surface area (Å²) in [7, 11) is 0. The second kappa shape index (κ2) is 10.4. The van der Waals surface area contributed by atoms with Crippen LogP contribution in [0.25, 0.3) is 22.2 Å². The Morgan fingerprint density at radius 3 is 2.51 bits per heavy atom. The van der Waals surface area contributed by atoms with Crippen LogP contribution in [0.2, 0.25) is 0 Å². The van der Waals surface area contributed by atoms with Crippen LogP contribution in [0.4, 0.5) is 5.00 Å². The molecule has 5 rings (SSSR count). The van der Waals surface area contributed by atoms with E-state index in [2.05, 4.69) is 5.32 Å². The summed E-state index contributed by atoms with van der Waals surface area (Å²) in [6.07, 6.45) is 6.26. The molecule has 5 nitrogen and oxygen atoms in total. The molecule has 178 valence electrons. The predicted molar refractivity (Wildman–Crippen MR) is 141 cm³/mol. The second-order valence-corrected chi connectivity index (χ2v) is 9.84. The number of nitrogens with zero attached hydrogens (tertiary/aromatic N) is 1. The molecule has 35 heavy (non-hydrogen) atoms. The lowest BCUT2D eigenvalue weighted by atomic mass is 9.96. The van der Waals surface area contributed by atoms with E-state index in [0.29, 0.717) is 22.7 Å². The zero-order chi connectivity index (χ0) is 24.2. The molecule has 0 saturated carbocycles. The molecule has 0 radical (unpaired) electrons. The third-order valence-electron chi connectivity index (χ3n) is 6.41. The Labute approximate surface area is 209 Å². The predicted octanol–water partition coefficient (Wildman–Crippen LogP) is 7.05. The van der Waals surface area contributed by atoms with Crippen molar-refractivity contribution in [3.05, 3.63) is 82.2 Å². The molecule has 0 aliphatic heterocycles. The highest BCUT2D eigenvalue weighted by Crippen LogP contribution is 2.38. The van der Waals surface area contributed by atoms with E-state index in [1.165, 1.54) is 22.6 Å². The van der Waals surface area contributed by atoms with E-state index in [4.69, 9.17) is 9.72 Å². The number of ether oxygens (including phenoxy) is 1. The Kier molecular flexibility index (Phi) is 6.91. The average Bonchev–Trinajstić information content (AvgIpc) is 3.19. The SMILES string of the molecule is CCOC(=O)c1c(NC(=O)c2cc(-c3ccccc3)nc3ccccc23)sc2c1CCCCCC2. The van der Waals surface area contributed by atoms with Gasteiger partial charge in [-0.25, -0.2) is 9.78 Å². The van der Waals surface area contributed by atoms with E-state index >= 15 is 0 Å². The van der Waals surface area contributed by atoms with Crippen molar-refractivity contribution in [3.8, 4) is 11.3 Å². The average molecular weight is 485 g/mol. The van der Waals surface area contributed by atoms with Crippen LogP contribution in [0.3, 0.4) is 0 Å². The zero-order valence-corrected chi connectivity index (χ0v) is 20.6. The molecule has 0 unspecified atom stereocenters. The number of carbonyl (C=O) groups excluding carboxylic acids is 2. The van der Waals surface area contributed by atoms with Crippen molar-refractivity contribution in [2.24, 2.45) is 0 Å². The summed E-state index contributed by atoms with van der Waals surface area (Å²) in [6, 6.07) is 19.3. The molecule has 1 amide bonds. The minimum absolute atomic E-state index is 0.249. The smallest absolute Gasteiger partial charge is 0.341 e. The fraction of sp³-hybridized carbons (Fsp3) is 0.276. The quantitative estimate of drug-likeness (QED) is 0.308. The molecule has 4 aromatic rings. The first-order chi connectivity index (χ1) is 17.2. The van der Waals surface area contributed by atoms with Gasteiger partial charge in [0.25, 0.3) is 5.91 Å². The number of hydrogen-bond donors (Lipinski definition) is 1. The molecule has 1 N–H and O–H groups in total. The number of aromatic nitrogens is 1. The molecular formula is C29H28N2O3S. The van der Waals surface area contributed by atoms with Crippen molar-refractivity contribution in [1.29, 1.82) is 0 Å². The van der Waals surface area contributed by atoms with Crippen molar-refractivity contribution in [2.45, 2.75) is 45.4 Å². The standard InChI is InChI=1S/C29H28N2O3S/c1-2-34-29(33)26-21-15-8-3-4-9-17-25(21)35-28(26)31-27(32)22-18-24(19-12-6-5-7-13-19)30-23-16-11-10-14-20(22)23/h5-7,10-14,16,18H,2-4,8-9,15,17H2,1H3,(H,31,32). The van der Waals surface area contributed by atoms with Crippen molar-refractivity contribution < 1.29 is 14.3 Å². The summed E-state index contributed by atoms with van der Waals surface area (Å²) in [4.78, 5) is 32.7. The number of para-hydroxylation sites is 1. The van der Waals surface area contributed by atoms with Gasteiger partial charge >= 0.3 is 5.97 Å². The first-order valence-corrected chi connectivity index (χ1v) is 13.1. The van der Waals surface area contributed by atoms with Crippen LogP contribution in [0.15, 0.2) is 60.7 Å². The van der Waals surface area contributed by atoms with Crippen molar-refractivity contribution >= 4 is 39.1 Å². The van der Waals surface area contributed by atoms with E-state index in [9.17, 15) is 9.59 Å². The number of nitrogens with one attached hydrogen (secondary N) is 1. The molecule has 6 heteroatoms. The largest absolute Gasteiger partial charge is 0.462 e. The van der Waals surface area contributed by atoms with Gasteiger partial charge in [-0.15, -0.1) is 11.3 Å². The van der Waals surface area contributed by atoms with Crippen LogP contribution in [-0.4, -0.2) is 23.5 Å². The summed E-state index contributed by atoms with van der Waals surface area (Å²) in [5, 5.41) is 4.45. The van der Waals surface area contributed by atoms with Gasteiger partial charge in [-0.1, -0.05) is 61.4 Å². The van der Waals surface area contributed by atoms with Crippen LogP contribution < -0.4 is 5.32 Å². The number of pyridine rings is 1. The number of amides is 1. The van der Waals surface area contributed by atoms with E-state index in [1.807, 2.05) is 60.7 Å². The Morgan fingerprint density at radius 1 is 0.971 bits per heavy atom. The third kappa shape index (κ3) is 4.84. The van der Waals surface area contributed by atoms with Gasteiger partial charge in [0.1, 0.15) is 5.00 Å². The first kappa shape index (κ1) is 23.2. The number of rotatable bonds is 5. The molecule has 2 aromatic carbocycles. The lowest BCUT2D eigenvalue weighted by molar-refractivity contribution is 0.0526. The maximum absolute atomic E-state index is 13.7. The lowest BCUT2D eigenvalue weighted by Crippen LogP contribution is -2.16. The molecule has 0 saturated heterocycles. The van der Waals surface area contributed by atoms with Gasteiger partial charge < -0.3 is 10.1 Å². The van der Waals surface area contributed by atoms with E-state index in [0.717, 1.165) is 59.8 Å². The molecule has 0 fully saturated rings. The van der Waals surface area contributed by atoms with Crippen molar-refractivity contribution in [3.63, 3.8) is 0 Å². The number of carbonyl (C=O) groups is 2. The monoisotopic (exact) mass is 484 g/mol. The van der Waals surface area contributed by atoms with Crippen LogP contribution in [0.5, 0.6) is 0 Å². The number of hydrogen-bond acceptors (Lipinski definition) is 5. The van der Waals surface area contributed by atoms with E-state index in [-0.39, 0.29) is 11.9 Å². The molecule has 1 aliphatic carbocycles. The van der Waals surface area contributed by atoms with Gasteiger partial charge in [0.05, 0.1) is 28.9 Å². The zero-order valence-electron chi connectivity index (χ0n) is 19.8. The molecular weight excluding hydrogens is 456 g/mol. The highest BCUT2D eigenvalue weighted by atomic mass is 32.1.